The number of amides is 3. The average molecular weight is 363 g/mol. The fraction of sp³-hybridized carbons (Fsp3) is 0.267. The van der Waals surface area contributed by atoms with E-state index >= 15 is 0 Å². The molecule has 0 aliphatic heterocycles. The van der Waals surface area contributed by atoms with Crippen LogP contribution in [-0.2, 0) is 20.9 Å². The molecular formula is C15H14FN5O5. The van der Waals surface area contributed by atoms with Gasteiger partial charge in [-0.3, -0.25) is 25.2 Å². The topological polar surface area (TPSA) is 135 Å². The van der Waals surface area contributed by atoms with Crippen LogP contribution in [0, 0.1) is 5.82 Å². The molecule has 2 aromatic rings. The lowest BCUT2D eigenvalue weighted by atomic mass is 10.2. The Morgan fingerprint density at radius 3 is 2.50 bits per heavy atom. The Balaban J connectivity index is 1.55. The number of hydrogen-bond donors (Lipinski definition) is 3. The van der Waals surface area contributed by atoms with E-state index in [1.807, 2.05) is 10.9 Å². The van der Waals surface area contributed by atoms with Crippen LogP contribution in [0.1, 0.15) is 12.8 Å². The third-order valence-corrected chi connectivity index (χ3v) is 3.43. The number of benzene rings is 1. The van der Waals surface area contributed by atoms with E-state index in [9.17, 15) is 23.6 Å². The molecule has 1 aliphatic carbocycles. The van der Waals surface area contributed by atoms with Crippen molar-refractivity contribution in [2.45, 2.75) is 25.4 Å². The number of carbonyl (C=O) groups is 3. The molecule has 26 heavy (non-hydrogen) atoms. The lowest BCUT2D eigenvalue weighted by molar-refractivity contribution is -0.141. The van der Waals surface area contributed by atoms with Gasteiger partial charge in [0.2, 0.25) is 5.89 Å². The molecule has 0 radical (unpaired) electrons. The van der Waals surface area contributed by atoms with Crippen LogP contribution in [0.5, 0.6) is 0 Å². The highest BCUT2D eigenvalue weighted by Gasteiger charge is 2.26. The highest BCUT2D eigenvalue weighted by molar-refractivity contribution is 6.35. The van der Waals surface area contributed by atoms with E-state index in [0.717, 1.165) is 17.5 Å². The predicted octanol–water partition coefficient (Wildman–Crippen LogP) is -0.932. The van der Waals surface area contributed by atoms with Crippen LogP contribution in [0.3, 0.4) is 0 Å². The van der Waals surface area contributed by atoms with Crippen molar-refractivity contribution in [2.75, 3.05) is 0 Å². The normalized spacial score (nSPS) is 13.1. The maximum absolute atomic E-state index is 12.9. The molecule has 1 heterocycles. The molecule has 1 aliphatic rings. The van der Waals surface area contributed by atoms with E-state index in [0.29, 0.717) is 5.56 Å². The number of hydrogen-bond acceptors (Lipinski definition) is 6. The molecule has 10 nitrogen and oxygen atoms in total. The van der Waals surface area contributed by atoms with Crippen LogP contribution in [0.2, 0.25) is 0 Å². The zero-order valence-corrected chi connectivity index (χ0v) is 13.3. The molecule has 0 atom stereocenters. The van der Waals surface area contributed by atoms with E-state index in [2.05, 4.69) is 10.4 Å². The Hall–Kier alpha value is -3.50. The SMILES string of the molecule is O=C(Cn1nc(-c2ccc(F)cc2)oc1=O)NNC(=O)C(=O)NC1CC1. The fourth-order valence-corrected chi connectivity index (χ4v) is 1.95. The molecule has 11 heteroatoms. The van der Waals surface area contributed by atoms with Crippen molar-refractivity contribution >= 4 is 17.7 Å². The maximum Gasteiger partial charge on any atom is 0.437 e. The third kappa shape index (κ3) is 4.32. The van der Waals surface area contributed by atoms with Gasteiger partial charge in [0.25, 0.3) is 5.91 Å². The molecule has 3 amide bonds. The van der Waals surface area contributed by atoms with Crippen LogP contribution in [0.25, 0.3) is 11.5 Å². The summed E-state index contributed by atoms with van der Waals surface area (Å²) >= 11 is 0. The van der Waals surface area contributed by atoms with E-state index < -0.39 is 35.8 Å². The number of aromatic nitrogens is 2. The number of halogens is 1. The molecule has 1 aromatic carbocycles. The highest BCUT2D eigenvalue weighted by Crippen LogP contribution is 2.18. The first kappa shape index (κ1) is 17.3. The van der Waals surface area contributed by atoms with Crippen molar-refractivity contribution in [2.24, 2.45) is 0 Å². The summed E-state index contributed by atoms with van der Waals surface area (Å²) < 4.78 is 18.5. The third-order valence-electron chi connectivity index (χ3n) is 3.43. The molecule has 3 N–H and O–H groups in total. The van der Waals surface area contributed by atoms with Crippen molar-refractivity contribution in [3.05, 3.63) is 40.6 Å². The Bertz CT molecular complexity index is 900. The quantitative estimate of drug-likeness (QED) is 0.474. The summed E-state index contributed by atoms with van der Waals surface area (Å²) in [5.41, 5.74) is 4.29. The smallest absolute Gasteiger partial charge is 0.388 e. The van der Waals surface area contributed by atoms with Gasteiger partial charge in [-0.05, 0) is 37.1 Å². The standard InChI is InChI=1S/C15H14FN5O5/c16-9-3-1-8(2-4-9)14-20-21(15(25)26-14)7-11(22)18-19-13(24)12(23)17-10-5-6-10/h1-4,10H,5-7H2,(H,17,23)(H,18,22)(H,19,24). The van der Waals surface area contributed by atoms with Crippen molar-refractivity contribution in [1.29, 1.82) is 0 Å². The fourth-order valence-electron chi connectivity index (χ4n) is 1.95. The number of rotatable bonds is 4. The largest absolute Gasteiger partial charge is 0.437 e. The van der Waals surface area contributed by atoms with Crippen LogP contribution in [0.15, 0.2) is 33.5 Å². The molecule has 1 saturated carbocycles. The minimum atomic E-state index is -1.02. The van der Waals surface area contributed by atoms with Gasteiger partial charge in [-0.25, -0.2) is 9.18 Å². The van der Waals surface area contributed by atoms with Gasteiger partial charge in [0, 0.05) is 11.6 Å². The van der Waals surface area contributed by atoms with Crippen LogP contribution >= 0.6 is 0 Å². The molecular weight excluding hydrogens is 349 g/mol. The molecule has 3 rings (SSSR count). The second-order valence-corrected chi connectivity index (χ2v) is 5.59. The minimum Gasteiger partial charge on any atom is -0.388 e. The summed E-state index contributed by atoms with van der Waals surface area (Å²) in [7, 11) is 0. The number of nitrogens with one attached hydrogen (secondary N) is 3. The first-order valence-corrected chi connectivity index (χ1v) is 7.66. The number of nitrogens with zero attached hydrogens (tertiary/aromatic N) is 2. The monoisotopic (exact) mass is 363 g/mol. The van der Waals surface area contributed by atoms with Crippen molar-refractivity contribution in [3.63, 3.8) is 0 Å². The van der Waals surface area contributed by atoms with Crippen molar-refractivity contribution in [3.8, 4) is 11.5 Å². The zero-order chi connectivity index (χ0) is 18.7. The number of hydrazine groups is 1. The lowest BCUT2D eigenvalue weighted by Gasteiger charge is -2.06. The van der Waals surface area contributed by atoms with Gasteiger partial charge in [0.1, 0.15) is 12.4 Å². The van der Waals surface area contributed by atoms with Gasteiger partial charge in [-0.15, -0.1) is 5.10 Å². The molecule has 0 unspecified atom stereocenters. The summed E-state index contributed by atoms with van der Waals surface area (Å²) in [6.07, 6.45) is 1.63. The Labute approximate surface area is 145 Å². The Morgan fingerprint density at radius 2 is 1.85 bits per heavy atom. The first-order chi connectivity index (χ1) is 12.4. The zero-order valence-electron chi connectivity index (χ0n) is 13.3. The van der Waals surface area contributed by atoms with Crippen molar-refractivity contribution < 1.29 is 23.2 Å². The number of carbonyl (C=O) groups excluding carboxylic acids is 3. The van der Waals surface area contributed by atoms with E-state index in [1.54, 1.807) is 0 Å². The molecule has 1 fully saturated rings. The molecule has 0 spiro atoms. The lowest BCUT2D eigenvalue weighted by Crippen LogP contribution is -2.50. The Kier molecular flexibility index (Phi) is 4.78. The average Bonchev–Trinajstić information content (AvgIpc) is 3.35. The Morgan fingerprint density at radius 1 is 1.15 bits per heavy atom. The molecule has 136 valence electrons. The second kappa shape index (κ2) is 7.17. The van der Waals surface area contributed by atoms with Gasteiger partial charge < -0.3 is 9.73 Å². The summed E-state index contributed by atoms with van der Waals surface area (Å²) in [4.78, 5) is 46.4. The van der Waals surface area contributed by atoms with Crippen LogP contribution in [0.4, 0.5) is 4.39 Å². The van der Waals surface area contributed by atoms with Crippen LogP contribution < -0.4 is 21.9 Å². The summed E-state index contributed by atoms with van der Waals surface area (Å²) in [6.45, 7) is -0.548. The molecule has 1 aromatic heterocycles. The van der Waals surface area contributed by atoms with Gasteiger partial charge in [-0.2, -0.15) is 4.68 Å². The maximum atomic E-state index is 12.9. The van der Waals surface area contributed by atoms with Gasteiger partial charge in [-0.1, -0.05) is 0 Å². The predicted molar refractivity (Wildman–Crippen MR) is 83.6 cm³/mol. The van der Waals surface area contributed by atoms with Gasteiger partial charge >= 0.3 is 17.6 Å². The van der Waals surface area contributed by atoms with Crippen molar-refractivity contribution in [1.82, 2.24) is 25.9 Å². The van der Waals surface area contributed by atoms with Crippen LogP contribution in [-0.4, -0.2) is 33.5 Å². The summed E-state index contributed by atoms with van der Waals surface area (Å²) in [5.74, 6) is -4.13. The van der Waals surface area contributed by atoms with E-state index in [-0.39, 0.29) is 11.9 Å². The van der Waals surface area contributed by atoms with E-state index in [1.165, 1.54) is 24.3 Å². The summed E-state index contributed by atoms with van der Waals surface area (Å²) in [6, 6.07) is 5.07. The molecule has 0 bridgehead atoms. The molecule has 0 saturated heterocycles. The van der Waals surface area contributed by atoms with Gasteiger partial charge in [0.15, 0.2) is 0 Å². The second-order valence-electron chi connectivity index (χ2n) is 5.59. The van der Waals surface area contributed by atoms with E-state index in [4.69, 9.17) is 4.42 Å². The van der Waals surface area contributed by atoms with Gasteiger partial charge in [0.05, 0.1) is 0 Å². The summed E-state index contributed by atoms with van der Waals surface area (Å²) in [5, 5.41) is 6.27. The first-order valence-electron chi connectivity index (χ1n) is 7.66. The minimum absolute atomic E-state index is 0.00235. The highest BCUT2D eigenvalue weighted by atomic mass is 19.1.